The molecule has 1 aliphatic rings. The van der Waals surface area contributed by atoms with Crippen molar-refractivity contribution in [1.82, 2.24) is 14.9 Å². The molecule has 0 aromatic carbocycles. The van der Waals surface area contributed by atoms with Crippen molar-refractivity contribution in [2.24, 2.45) is 0 Å². The van der Waals surface area contributed by atoms with E-state index in [4.69, 9.17) is 4.74 Å². The van der Waals surface area contributed by atoms with Gasteiger partial charge in [0, 0.05) is 38.1 Å². The van der Waals surface area contributed by atoms with Crippen molar-refractivity contribution in [2.45, 2.75) is 52.6 Å². The fourth-order valence-electron chi connectivity index (χ4n) is 2.55. The van der Waals surface area contributed by atoms with Crippen molar-refractivity contribution >= 4 is 5.82 Å². The minimum atomic E-state index is -0.0494. The summed E-state index contributed by atoms with van der Waals surface area (Å²) in [5.41, 5.74) is 1.04. The topological polar surface area (TPSA) is 41.5 Å². The van der Waals surface area contributed by atoms with Gasteiger partial charge >= 0.3 is 0 Å². The lowest BCUT2D eigenvalue weighted by Crippen LogP contribution is -2.48. The minimum Gasteiger partial charge on any atom is -0.375 e. The molecule has 0 radical (unpaired) electrons. The molecular formula is C18H32N4O. The summed E-state index contributed by atoms with van der Waals surface area (Å²) in [7, 11) is 0. The zero-order valence-corrected chi connectivity index (χ0v) is 15.6. The second-order valence-electron chi connectivity index (χ2n) is 8.30. The Morgan fingerprint density at radius 3 is 2.09 bits per heavy atom. The van der Waals surface area contributed by atoms with Crippen LogP contribution in [0.2, 0.25) is 0 Å². The number of rotatable bonds is 4. The average molecular weight is 320 g/mol. The Bertz CT molecular complexity index is 479. The van der Waals surface area contributed by atoms with Crippen molar-refractivity contribution in [3.05, 3.63) is 18.1 Å². The van der Waals surface area contributed by atoms with Gasteiger partial charge in [0.05, 0.1) is 30.3 Å². The molecule has 23 heavy (non-hydrogen) atoms. The van der Waals surface area contributed by atoms with Crippen LogP contribution in [-0.4, -0.2) is 59.8 Å². The van der Waals surface area contributed by atoms with E-state index in [9.17, 15) is 0 Å². The number of hydrogen-bond donors (Lipinski definition) is 0. The molecule has 0 unspecified atom stereocenters. The van der Waals surface area contributed by atoms with E-state index in [0.29, 0.717) is 0 Å². The van der Waals surface area contributed by atoms with Gasteiger partial charge in [0.1, 0.15) is 5.82 Å². The fraction of sp³-hybridized carbons (Fsp3) is 0.778. The number of piperazine rings is 1. The highest BCUT2D eigenvalue weighted by Gasteiger charge is 2.20. The van der Waals surface area contributed by atoms with Crippen molar-refractivity contribution in [3.8, 4) is 0 Å². The van der Waals surface area contributed by atoms with E-state index < -0.39 is 0 Å². The largest absolute Gasteiger partial charge is 0.375 e. The maximum atomic E-state index is 5.81. The molecule has 0 aliphatic carbocycles. The van der Waals surface area contributed by atoms with E-state index in [2.05, 4.69) is 61.3 Å². The monoisotopic (exact) mass is 320 g/mol. The van der Waals surface area contributed by atoms with Crippen molar-refractivity contribution in [1.29, 1.82) is 0 Å². The standard InChI is InChI=1S/C18H32N4O/c1-17(2,3)15-13-20-16(14-19-15)22-9-7-21(8-10-22)11-12-23-18(4,5)6/h13-14H,7-12H2,1-6H3. The molecule has 1 aliphatic heterocycles. The van der Waals surface area contributed by atoms with Crippen LogP contribution in [0.25, 0.3) is 0 Å². The van der Waals surface area contributed by atoms with Gasteiger partial charge in [-0.1, -0.05) is 20.8 Å². The Morgan fingerprint density at radius 2 is 1.61 bits per heavy atom. The molecule has 0 spiro atoms. The van der Waals surface area contributed by atoms with Crippen LogP contribution in [0.1, 0.15) is 47.2 Å². The molecule has 0 bridgehead atoms. The Morgan fingerprint density at radius 1 is 0.957 bits per heavy atom. The highest BCUT2D eigenvalue weighted by molar-refractivity contribution is 5.37. The van der Waals surface area contributed by atoms with E-state index in [-0.39, 0.29) is 11.0 Å². The van der Waals surface area contributed by atoms with Gasteiger partial charge in [-0.2, -0.15) is 0 Å². The first kappa shape index (κ1) is 18.1. The van der Waals surface area contributed by atoms with Gasteiger partial charge in [0.25, 0.3) is 0 Å². The molecule has 5 nitrogen and oxygen atoms in total. The third-order valence-corrected chi connectivity index (χ3v) is 4.05. The second-order valence-corrected chi connectivity index (χ2v) is 8.30. The molecule has 0 amide bonds. The predicted octanol–water partition coefficient (Wildman–Crippen LogP) is 2.71. The van der Waals surface area contributed by atoms with E-state index in [1.165, 1.54) is 0 Å². The number of ether oxygens (including phenoxy) is 1. The second kappa shape index (κ2) is 7.14. The Balaban J connectivity index is 1.80. The maximum absolute atomic E-state index is 5.81. The molecule has 1 saturated heterocycles. The molecule has 130 valence electrons. The highest BCUT2D eigenvalue weighted by atomic mass is 16.5. The smallest absolute Gasteiger partial charge is 0.147 e. The van der Waals surface area contributed by atoms with Crippen LogP contribution in [0.15, 0.2) is 12.4 Å². The average Bonchev–Trinajstić information content (AvgIpc) is 2.46. The number of nitrogens with zero attached hydrogens (tertiary/aromatic N) is 4. The van der Waals surface area contributed by atoms with Crippen LogP contribution in [-0.2, 0) is 10.2 Å². The van der Waals surface area contributed by atoms with Crippen molar-refractivity contribution < 1.29 is 4.74 Å². The molecule has 2 heterocycles. The summed E-state index contributed by atoms with van der Waals surface area (Å²) in [6.07, 6.45) is 3.83. The van der Waals surface area contributed by atoms with Gasteiger partial charge in [-0.05, 0) is 20.8 Å². The lowest BCUT2D eigenvalue weighted by atomic mass is 9.93. The lowest BCUT2D eigenvalue weighted by Gasteiger charge is -2.35. The molecule has 1 aromatic rings. The third-order valence-electron chi connectivity index (χ3n) is 4.05. The van der Waals surface area contributed by atoms with Crippen LogP contribution in [0.5, 0.6) is 0 Å². The van der Waals surface area contributed by atoms with Crippen LogP contribution in [0, 0.1) is 0 Å². The van der Waals surface area contributed by atoms with Gasteiger partial charge in [-0.3, -0.25) is 9.88 Å². The Labute approximate surface area is 141 Å². The molecule has 0 atom stereocenters. The number of aromatic nitrogens is 2. The van der Waals surface area contributed by atoms with E-state index in [0.717, 1.165) is 50.8 Å². The van der Waals surface area contributed by atoms with Gasteiger partial charge < -0.3 is 9.64 Å². The Hall–Kier alpha value is -1.20. The summed E-state index contributed by atoms with van der Waals surface area (Å²) >= 11 is 0. The maximum Gasteiger partial charge on any atom is 0.147 e. The Kier molecular flexibility index (Phi) is 5.63. The summed E-state index contributed by atoms with van der Waals surface area (Å²) in [5, 5.41) is 0. The zero-order valence-electron chi connectivity index (χ0n) is 15.6. The van der Waals surface area contributed by atoms with E-state index >= 15 is 0 Å². The molecule has 0 N–H and O–H groups in total. The van der Waals surface area contributed by atoms with Crippen molar-refractivity contribution in [2.75, 3.05) is 44.2 Å². The highest BCUT2D eigenvalue weighted by Crippen LogP contribution is 2.21. The predicted molar refractivity (Wildman–Crippen MR) is 95.1 cm³/mol. The van der Waals surface area contributed by atoms with Crippen LogP contribution in [0.3, 0.4) is 0 Å². The molecule has 2 rings (SSSR count). The van der Waals surface area contributed by atoms with E-state index in [1.54, 1.807) is 0 Å². The number of anilines is 1. The lowest BCUT2D eigenvalue weighted by molar-refractivity contribution is -0.0135. The molecule has 5 heteroatoms. The van der Waals surface area contributed by atoms with Gasteiger partial charge in [-0.25, -0.2) is 4.98 Å². The molecule has 1 aromatic heterocycles. The van der Waals surface area contributed by atoms with Gasteiger partial charge in [0.2, 0.25) is 0 Å². The minimum absolute atomic E-state index is 0.0494. The zero-order chi connectivity index (χ0) is 17.1. The SMILES string of the molecule is CC(C)(C)OCCN1CCN(c2cnc(C(C)(C)C)cn2)CC1. The summed E-state index contributed by atoms with van der Waals surface area (Å²) < 4.78 is 5.81. The normalized spacial score (nSPS) is 17.6. The van der Waals surface area contributed by atoms with Crippen LogP contribution >= 0.6 is 0 Å². The van der Waals surface area contributed by atoms with Gasteiger partial charge in [-0.15, -0.1) is 0 Å². The fourth-order valence-corrected chi connectivity index (χ4v) is 2.55. The molecule has 1 fully saturated rings. The summed E-state index contributed by atoms with van der Waals surface area (Å²) in [6.45, 7) is 18.7. The third kappa shape index (κ3) is 5.74. The summed E-state index contributed by atoms with van der Waals surface area (Å²) in [4.78, 5) is 14.0. The van der Waals surface area contributed by atoms with Crippen molar-refractivity contribution in [3.63, 3.8) is 0 Å². The first-order valence-electron chi connectivity index (χ1n) is 8.59. The summed E-state index contributed by atoms with van der Waals surface area (Å²) in [5.74, 6) is 0.989. The van der Waals surface area contributed by atoms with Crippen LogP contribution < -0.4 is 4.90 Å². The molecular weight excluding hydrogens is 288 g/mol. The van der Waals surface area contributed by atoms with E-state index in [1.807, 2.05) is 12.4 Å². The summed E-state index contributed by atoms with van der Waals surface area (Å²) in [6, 6.07) is 0. The number of hydrogen-bond acceptors (Lipinski definition) is 5. The first-order valence-corrected chi connectivity index (χ1v) is 8.59. The van der Waals surface area contributed by atoms with Gasteiger partial charge in [0.15, 0.2) is 0 Å². The van der Waals surface area contributed by atoms with Crippen LogP contribution in [0.4, 0.5) is 5.82 Å². The quantitative estimate of drug-likeness (QED) is 0.853. The molecule has 0 saturated carbocycles. The first-order chi connectivity index (χ1) is 10.6.